The highest BCUT2D eigenvalue weighted by molar-refractivity contribution is 7.10. The van der Waals surface area contributed by atoms with Gasteiger partial charge in [-0.1, -0.05) is 18.9 Å². The fourth-order valence-electron chi connectivity index (χ4n) is 3.12. The van der Waals surface area contributed by atoms with Crippen LogP contribution in [0.3, 0.4) is 0 Å². The minimum atomic E-state index is 0.149. The van der Waals surface area contributed by atoms with Crippen molar-refractivity contribution in [2.24, 2.45) is 11.8 Å². The first kappa shape index (κ1) is 14.1. The third-order valence-electron chi connectivity index (χ3n) is 4.45. The molecule has 3 rings (SSSR count). The van der Waals surface area contributed by atoms with Gasteiger partial charge in [-0.2, -0.15) is 0 Å². The highest BCUT2D eigenvalue weighted by Crippen LogP contribution is 2.37. The van der Waals surface area contributed by atoms with Gasteiger partial charge < -0.3 is 10.6 Å². The molecule has 0 radical (unpaired) electrons. The van der Waals surface area contributed by atoms with Crippen LogP contribution in [0, 0.1) is 11.8 Å². The van der Waals surface area contributed by atoms with E-state index in [9.17, 15) is 4.79 Å². The lowest BCUT2D eigenvalue weighted by molar-refractivity contribution is -0.121. The van der Waals surface area contributed by atoms with Crippen LogP contribution in [0.2, 0.25) is 0 Å². The molecular weight excluding hydrogens is 268 g/mol. The largest absolute Gasteiger partial charge is 0.347 e. The van der Waals surface area contributed by atoms with Gasteiger partial charge >= 0.3 is 0 Å². The topological polar surface area (TPSA) is 41.1 Å². The summed E-state index contributed by atoms with van der Waals surface area (Å²) < 4.78 is 0. The molecule has 0 aliphatic heterocycles. The van der Waals surface area contributed by atoms with Gasteiger partial charge in [-0.25, -0.2) is 0 Å². The van der Waals surface area contributed by atoms with Crippen molar-refractivity contribution in [2.75, 3.05) is 13.1 Å². The van der Waals surface area contributed by atoms with Crippen LogP contribution in [0.4, 0.5) is 0 Å². The zero-order valence-corrected chi connectivity index (χ0v) is 12.8. The van der Waals surface area contributed by atoms with Crippen LogP contribution in [-0.4, -0.2) is 19.0 Å². The van der Waals surface area contributed by atoms with Crippen molar-refractivity contribution in [1.29, 1.82) is 0 Å². The van der Waals surface area contributed by atoms with Crippen molar-refractivity contribution in [1.82, 2.24) is 10.6 Å². The summed E-state index contributed by atoms with van der Waals surface area (Å²) in [4.78, 5) is 13.5. The second kappa shape index (κ2) is 6.72. The maximum Gasteiger partial charge on any atom is 0.234 e. The first-order chi connectivity index (χ1) is 9.83. The van der Waals surface area contributed by atoms with E-state index >= 15 is 0 Å². The molecule has 2 N–H and O–H groups in total. The molecule has 2 aliphatic rings. The lowest BCUT2D eigenvalue weighted by Crippen LogP contribution is -2.38. The van der Waals surface area contributed by atoms with E-state index in [1.807, 2.05) is 0 Å². The van der Waals surface area contributed by atoms with Crippen LogP contribution in [0.5, 0.6) is 0 Å². The minimum Gasteiger partial charge on any atom is -0.347 e. The quantitative estimate of drug-likeness (QED) is 0.811. The maximum absolute atomic E-state index is 12.1. The molecule has 2 aliphatic carbocycles. The Morgan fingerprint density at radius 3 is 2.75 bits per heavy atom. The van der Waals surface area contributed by atoms with E-state index in [1.54, 1.807) is 11.3 Å². The molecule has 1 atom stereocenters. The number of amides is 1. The van der Waals surface area contributed by atoms with Gasteiger partial charge in [0, 0.05) is 4.88 Å². The summed E-state index contributed by atoms with van der Waals surface area (Å²) in [6, 6.07) is 4.47. The summed E-state index contributed by atoms with van der Waals surface area (Å²) in [7, 11) is 0. The zero-order valence-electron chi connectivity index (χ0n) is 11.9. The van der Waals surface area contributed by atoms with Gasteiger partial charge in [0.15, 0.2) is 0 Å². The Morgan fingerprint density at radius 2 is 2.10 bits per heavy atom. The Bertz CT molecular complexity index is 422. The van der Waals surface area contributed by atoms with E-state index in [0.29, 0.717) is 12.5 Å². The van der Waals surface area contributed by atoms with Gasteiger partial charge in [0.05, 0.1) is 12.6 Å². The Balaban J connectivity index is 1.53. The number of thiophene rings is 1. The van der Waals surface area contributed by atoms with E-state index in [0.717, 1.165) is 12.5 Å². The Labute approximate surface area is 125 Å². The van der Waals surface area contributed by atoms with E-state index < -0.39 is 0 Å². The highest BCUT2D eigenvalue weighted by atomic mass is 32.1. The number of carbonyl (C=O) groups is 1. The Kier molecular flexibility index (Phi) is 4.73. The summed E-state index contributed by atoms with van der Waals surface area (Å²) in [5.41, 5.74) is 0. The summed E-state index contributed by atoms with van der Waals surface area (Å²) in [5.74, 6) is 1.60. The fraction of sp³-hybridized carbons (Fsp3) is 0.688. The molecule has 110 valence electrons. The average Bonchev–Trinajstić information content (AvgIpc) is 2.97. The van der Waals surface area contributed by atoms with Crippen LogP contribution >= 0.6 is 11.3 Å². The summed E-state index contributed by atoms with van der Waals surface area (Å²) in [5, 5.41) is 8.65. The highest BCUT2D eigenvalue weighted by Gasteiger charge is 2.28. The molecule has 4 heteroatoms. The van der Waals surface area contributed by atoms with Crippen LogP contribution in [0.1, 0.15) is 49.4 Å². The number of nitrogens with one attached hydrogen (secondary N) is 2. The Hall–Kier alpha value is -0.870. The van der Waals surface area contributed by atoms with Gasteiger partial charge in [-0.05, 0) is 55.5 Å². The van der Waals surface area contributed by atoms with Gasteiger partial charge in [0.2, 0.25) is 5.91 Å². The normalized spacial score (nSPS) is 21.0. The molecule has 2 saturated carbocycles. The van der Waals surface area contributed by atoms with Crippen molar-refractivity contribution >= 4 is 17.2 Å². The van der Waals surface area contributed by atoms with Crippen LogP contribution < -0.4 is 10.6 Å². The summed E-state index contributed by atoms with van der Waals surface area (Å²) in [6.45, 7) is 1.46. The molecule has 0 aromatic carbocycles. The second-order valence-corrected chi connectivity index (χ2v) is 7.16. The predicted octanol–water partition coefficient (Wildman–Crippen LogP) is 3.10. The molecule has 0 saturated heterocycles. The number of hydrogen-bond donors (Lipinski definition) is 2. The number of hydrogen-bond acceptors (Lipinski definition) is 3. The zero-order chi connectivity index (χ0) is 13.8. The second-order valence-electron chi connectivity index (χ2n) is 6.18. The molecule has 3 nitrogen and oxygen atoms in total. The van der Waals surface area contributed by atoms with E-state index in [4.69, 9.17) is 0 Å². The predicted molar refractivity (Wildman–Crippen MR) is 82.8 cm³/mol. The van der Waals surface area contributed by atoms with Gasteiger partial charge in [0.1, 0.15) is 0 Å². The molecule has 0 bridgehead atoms. The minimum absolute atomic E-state index is 0.149. The standard InChI is InChI=1S/C16H24N2OS/c19-15(11-17-10-12-7-8-12)18-16(13-4-1-2-5-13)14-6-3-9-20-14/h3,6,9,12-13,16-17H,1-2,4-5,7-8,10-11H2,(H,18,19). The monoisotopic (exact) mass is 292 g/mol. The lowest BCUT2D eigenvalue weighted by Gasteiger charge is -2.24. The number of carbonyl (C=O) groups excluding carboxylic acids is 1. The third kappa shape index (κ3) is 3.83. The van der Waals surface area contributed by atoms with Crippen molar-refractivity contribution in [3.05, 3.63) is 22.4 Å². The molecule has 1 aromatic rings. The van der Waals surface area contributed by atoms with Crippen LogP contribution in [0.15, 0.2) is 17.5 Å². The molecular formula is C16H24N2OS. The van der Waals surface area contributed by atoms with Crippen molar-refractivity contribution in [2.45, 2.75) is 44.6 Å². The van der Waals surface area contributed by atoms with Crippen LogP contribution in [0.25, 0.3) is 0 Å². The first-order valence-electron chi connectivity index (χ1n) is 7.86. The van der Waals surface area contributed by atoms with E-state index in [1.165, 1.54) is 43.4 Å². The molecule has 1 unspecified atom stereocenters. The van der Waals surface area contributed by atoms with Crippen LogP contribution in [-0.2, 0) is 4.79 Å². The van der Waals surface area contributed by atoms with Gasteiger partial charge in [-0.15, -0.1) is 11.3 Å². The first-order valence-corrected chi connectivity index (χ1v) is 8.74. The smallest absolute Gasteiger partial charge is 0.234 e. The van der Waals surface area contributed by atoms with Crippen molar-refractivity contribution < 1.29 is 4.79 Å². The lowest BCUT2D eigenvalue weighted by atomic mass is 9.96. The molecule has 0 spiro atoms. The van der Waals surface area contributed by atoms with Gasteiger partial charge in [0.25, 0.3) is 0 Å². The molecule has 20 heavy (non-hydrogen) atoms. The van der Waals surface area contributed by atoms with Gasteiger partial charge in [-0.3, -0.25) is 4.79 Å². The summed E-state index contributed by atoms with van der Waals surface area (Å²) in [6.07, 6.45) is 7.77. The molecule has 1 amide bonds. The van der Waals surface area contributed by atoms with Crippen molar-refractivity contribution in [3.8, 4) is 0 Å². The fourth-order valence-corrected chi connectivity index (χ4v) is 3.99. The number of rotatable bonds is 7. The van der Waals surface area contributed by atoms with E-state index in [-0.39, 0.29) is 11.9 Å². The van der Waals surface area contributed by atoms with Crippen molar-refractivity contribution in [3.63, 3.8) is 0 Å². The third-order valence-corrected chi connectivity index (χ3v) is 5.41. The SMILES string of the molecule is O=C(CNCC1CC1)NC(c1cccs1)C1CCCC1. The summed E-state index contributed by atoms with van der Waals surface area (Å²) >= 11 is 1.76. The molecule has 1 aromatic heterocycles. The Morgan fingerprint density at radius 1 is 1.30 bits per heavy atom. The van der Waals surface area contributed by atoms with E-state index in [2.05, 4.69) is 28.1 Å². The maximum atomic E-state index is 12.1. The molecule has 2 fully saturated rings. The average molecular weight is 292 g/mol. The molecule has 1 heterocycles.